The van der Waals surface area contributed by atoms with Gasteiger partial charge in [0, 0.05) is 12.7 Å². The molecule has 1 heterocycles. The number of rotatable bonds is 3. The molecule has 0 amide bonds. The van der Waals surface area contributed by atoms with Crippen LogP contribution >= 0.6 is 27.5 Å². The van der Waals surface area contributed by atoms with Gasteiger partial charge in [-0.05, 0) is 35.0 Å². The van der Waals surface area contributed by atoms with Crippen LogP contribution in [0.5, 0.6) is 11.8 Å². The highest BCUT2D eigenvalue weighted by atomic mass is 79.9. The largest absolute Gasteiger partial charge is 0.424 e. The zero-order chi connectivity index (χ0) is 11.5. The number of aryl methyl sites for hydroxylation is 1. The summed E-state index contributed by atoms with van der Waals surface area (Å²) < 4.78 is 8.28. The topological polar surface area (TPSA) is 27.1 Å². The van der Waals surface area contributed by atoms with E-state index in [1.54, 1.807) is 6.07 Å². The molecule has 84 valence electrons. The molecule has 0 unspecified atom stereocenters. The van der Waals surface area contributed by atoms with Crippen molar-refractivity contribution >= 4 is 27.5 Å². The number of nitrogens with zero attached hydrogens (tertiary/aromatic N) is 2. The Morgan fingerprint density at radius 3 is 2.88 bits per heavy atom. The minimum absolute atomic E-state index is 0.530. The zero-order valence-corrected chi connectivity index (χ0v) is 11.0. The number of aromatic nitrogens is 2. The Morgan fingerprint density at radius 1 is 1.44 bits per heavy atom. The fraction of sp³-hybridized carbons (Fsp3) is 0.182. The lowest BCUT2D eigenvalue weighted by molar-refractivity contribution is 0.415. The smallest absolute Gasteiger partial charge is 0.303 e. The van der Waals surface area contributed by atoms with E-state index in [2.05, 4.69) is 20.9 Å². The average Bonchev–Trinajstić information content (AvgIpc) is 2.62. The molecule has 0 aliphatic heterocycles. The highest BCUT2D eigenvalue weighted by Gasteiger charge is 2.09. The van der Waals surface area contributed by atoms with Crippen molar-refractivity contribution in [3.63, 3.8) is 0 Å². The summed E-state index contributed by atoms with van der Waals surface area (Å²) in [6.45, 7) is 2.81. The third kappa shape index (κ3) is 2.39. The van der Waals surface area contributed by atoms with E-state index in [9.17, 15) is 0 Å². The second kappa shape index (κ2) is 4.89. The number of hydrogen-bond acceptors (Lipinski definition) is 2. The standard InChI is InChI=1S/C11H10BrClN2O/c1-2-15-7-10(12)14-11(15)16-9-6-4-3-5-8(9)13/h3-7H,2H2,1H3. The van der Waals surface area contributed by atoms with Gasteiger partial charge in [-0.25, -0.2) is 0 Å². The zero-order valence-electron chi connectivity index (χ0n) is 8.65. The lowest BCUT2D eigenvalue weighted by atomic mass is 10.3. The van der Waals surface area contributed by atoms with Crippen molar-refractivity contribution in [2.24, 2.45) is 0 Å². The van der Waals surface area contributed by atoms with Crippen LogP contribution < -0.4 is 4.74 Å². The Labute approximate surface area is 107 Å². The first kappa shape index (κ1) is 11.5. The van der Waals surface area contributed by atoms with Crippen molar-refractivity contribution in [3.05, 3.63) is 40.1 Å². The Hall–Kier alpha value is -1.00. The van der Waals surface area contributed by atoms with Crippen molar-refractivity contribution in [1.29, 1.82) is 0 Å². The molecule has 0 saturated carbocycles. The molecule has 0 fully saturated rings. The Bertz CT molecular complexity index is 498. The third-order valence-corrected chi connectivity index (χ3v) is 2.78. The third-order valence-electron chi connectivity index (χ3n) is 2.09. The Balaban J connectivity index is 2.30. The minimum Gasteiger partial charge on any atom is -0.424 e. The van der Waals surface area contributed by atoms with E-state index >= 15 is 0 Å². The van der Waals surface area contributed by atoms with Gasteiger partial charge in [-0.2, -0.15) is 4.98 Å². The molecule has 0 spiro atoms. The maximum Gasteiger partial charge on any atom is 0.303 e. The van der Waals surface area contributed by atoms with Gasteiger partial charge >= 0.3 is 6.01 Å². The first-order valence-electron chi connectivity index (χ1n) is 4.85. The van der Waals surface area contributed by atoms with Crippen molar-refractivity contribution < 1.29 is 4.74 Å². The molecule has 0 aliphatic carbocycles. The first-order valence-corrected chi connectivity index (χ1v) is 6.03. The van der Waals surface area contributed by atoms with Crippen molar-refractivity contribution in [3.8, 4) is 11.8 Å². The summed E-state index contributed by atoms with van der Waals surface area (Å²) in [6.07, 6.45) is 1.87. The molecule has 0 aliphatic rings. The molecule has 5 heteroatoms. The summed E-state index contributed by atoms with van der Waals surface area (Å²) in [7, 11) is 0. The lowest BCUT2D eigenvalue weighted by Crippen LogP contribution is -1.97. The summed E-state index contributed by atoms with van der Waals surface area (Å²) in [6, 6.07) is 7.85. The molecule has 1 aromatic carbocycles. The number of halogens is 2. The molecular formula is C11H10BrClN2O. The molecule has 2 rings (SSSR count). The number of ether oxygens (including phenoxy) is 1. The molecule has 16 heavy (non-hydrogen) atoms. The molecule has 0 radical (unpaired) electrons. The van der Waals surface area contributed by atoms with E-state index in [1.807, 2.05) is 35.9 Å². The maximum absolute atomic E-state index is 6.00. The van der Waals surface area contributed by atoms with Crippen LogP contribution in [0.15, 0.2) is 35.1 Å². The fourth-order valence-corrected chi connectivity index (χ4v) is 1.88. The number of hydrogen-bond donors (Lipinski definition) is 0. The van der Waals surface area contributed by atoms with Crippen LogP contribution in [-0.4, -0.2) is 9.55 Å². The molecule has 0 saturated heterocycles. The average molecular weight is 302 g/mol. The summed E-state index contributed by atoms with van der Waals surface area (Å²) in [4.78, 5) is 4.22. The molecule has 2 aromatic rings. The molecule has 0 bridgehead atoms. The normalized spacial score (nSPS) is 10.4. The highest BCUT2D eigenvalue weighted by Crippen LogP contribution is 2.29. The Kier molecular flexibility index (Phi) is 3.51. The van der Waals surface area contributed by atoms with Crippen LogP contribution in [0.2, 0.25) is 5.02 Å². The van der Waals surface area contributed by atoms with Crippen molar-refractivity contribution in [2.75, 3.05) is 0 Å². The molecule has 1 aromatic heterocycles. The van der Waals surface area contributed by atoms with Crippen LogP contribution in [0, 0.1) is 0 Å². The summed E-state index contributed by atoms with van der Waals surface area (Å²) in [5, 5.41) is 0.573. The van der Waals surface area contributed by atoms with E-state index in [0.717, 1.165) is 11.1 Å². The van der Waals surface area contributed by atoms with Gasteiger partial charge in [-0.15, -0.1) is 0 Å². The van der Waals surface area contributed by atoms with E-state index in [4.69, 9.17) is 16.3 Å². The van der Waals surface area contributed by atoms with Gasteiger partial charge in [0.2, 0.25) is 0 Å². The quantitative estimate of drug-likeness (QED) is 0.853. The van der Waals surface area contributed by atoms with E-state index < -0.39 is 0 Å². The van der Waals surface area contributed by atoms with Gasteiger partial charge in [-0.3, -0.25) is 4.57 Å². The van der Waals surface area contributed by atoms with Gasteiger partial charge in [-0.1, -0.05) is 23.7 Å². The molecule has 0 N–H and O–H groups in total. The number of imidazole rings is 1. The van der Waals surface area contributed by atoms with E-state index in [1.165, 1.54) is 0 Å². The predicted molar refractivity (Wildman–Crippen MR) is 67.1 cm³/mol. The molecule has 0 atom stereocenters. The lowest BCUT2D eigenvalue weighted by Gasteiger charge is -2.07. The second-order valence-corrected chi connectivity index (χ2v) is 4.38. The van der Waals surface area contributed by atoms with Crippen molar-refractivity contribution in [1.82, 2.24) is 9.55 Å². The van der Waals surface area contributed by atoms with Crippen LogP contribution in [0.1, 0.15) is 6.92 Å². The Morgan fingerprint density at radius 2 is 2.19 bits per heavy atom. The van der Waals surface area contributed by atoms with Crippen LogP contribution in [-0.2, 0) is 6.54 Å². The maximum atomic E-state index is 6.00. The monoisotopic (exact) mass is 300 g/mol. The fourth-order valence-electron chi connectivity index (χ4n) is 1.30. The van der Waals surface area contributed by atoms with Crippen LogP contribution in [0.25, 0.3) is 0 Å². The summed E-state index contributed by atoms with van der Waals surface area (Å²) in [5.74, 6) is 0.608. The van der Waals surface area contributed by atoms with Gasteiger partial charge in [0.15, 0.2) is 0 Å². The van der Waals surface area contributed by atoms with Gasteiger partial charge < -0.3 is 4.74 Å². The highest BCUT2D eigenvalue weighted by molar-refractivity contribution is 9.10. The van der Waals surface area contributed by atoms with Gasteiger partial charge in [0.1, 0.15) is 10.4 Å². The van der Waals surface area contributed by atoms with Crippen LogP contribution in [0.4, 0.5) is 0 Å². The van der Waals surface area contributed by atoms with Gasteiger partial charge in [0.05, 0.1) is 5.02 Å². The SMILES string of the molecule is CCn1cc(Br)nc1Oc1ccccc1Cl. The van der Waals surface area contributed by atoms with Crippen molar-refractivity contribution in [2.45, 2.75) is 13.5 Å². The second-order valence-electron chi connectivity index (χ2n) is 3.16. The van der Waals surface area contributed by atoms with E-state index in [0.29, 0.717) is 16.8 Å². The van der Waals surface area contributed by atoms with Crippen LogP contribution in [0.3, 0.4) is 0 Å². The van der Waals surface area contributed by atoms with Gasteiger partial charge in [0.25, 0.3) is 0 Å². The summed E-state index contributed by atoms with van der Waals surface area (Å²) >= 11 is 9.31. The van der Waals surface area contributed by atoms with E-state index in [-0.39, 0.29) is 0 Å². The molecule has 3 nitrogen and oxygen atoms in total. The predicted octanol–water partition coefficient (Wildman–Crippen LogP) is 4.11. The first-order chi connectivity index (χ1) is 7.70. The molecular weight excluding hydrogens is 291 g/mol. The number of benzene rings is 1. The summed E-state index contributed by atoms with van der Waals surface area (Å²) in [5.41, 5.74) is 0. The number of para-hydroxylation sites is 1. The minimum atomic E-state index is 0.530.